The maximum Gasteiger partial charge on any atom is 0.335 e. The molecule has 1 rings (SSSR count). The SMILES string of the molecule is CC(C)(C)OC(=O)CN(CCNC(C(=O)OC(C)(C)C)C(=O)OC(C)(C)C)C[C@@H]1CC[C@H](C(=O)O)N1. The molecule has 0 saturated carbocycles. The number of hydrogen-bond donors (Lipinski definition) is 3. The second kappa shape index (κ2) is 12.8. The van der Waals surface area contributed by atoms with Gasteiger partial charge in [-0.15, -0.1) is 0 Å². The van der Waals surface area contributed by atoms with E-state index in [1.807, 2.05) is 4.90 Å². The highest BCUT2D eigenvalue weighted by Gasteiger charge is 2.35. The fourth-order valence-electron chi connectivity index (χ4n) is 3.61. The van der Waals surface area contributed by atoms with Crippen LogP contribution in [0.4, 0.5) is 0 Å². The largest absolute Gasteiger partial charge is 0.480 e. The van der Waals surface area contributed by atoms with Gasteiger partial charge in [-0.25, -0.2) is 9.59 Å². The van der Waals surface area contributed by atoms with E-state index in [2.05, 4.69) is 10.6 Å². The zero-order valence-corrected chi connectivity index (χ0v) is 23.2. The quantitative estimate of drug-likeness (QED) is 0.209. The van der Waals surface area contributed by atoms with Crippen molar-refractivity contribution in [3.05, 3.63) is 0 Å². The maximum atomic E-state index is 12.7. The molecule has 1 heterocycles. The first kappa shape index (κ1) is 31.8. The van der Waals surface area contributed by atoms with Crippen LogP contribution in [0.3, 0.4) is 0 Å². The number of hydrogen-bond acceptors (Lipinski definition) is 10. The van der Waals surface area contributed by atoms with Gasteiger partial charge >= 0.3 is 23.9 Å². The van der Waals surface area contributed by atoms with Crippen LogP contribution < -0.4 is 10.6 Å². The fraction of sp³-hybridized carbons (Fsp3) is 0.840. The molecule has 0 bridgehead atoms. The van der Waals surface area contributed by atoms with Crippen molar-refractivity contribution in [3.8, 4) is 0 Å². The molecule has 0 aromatic carbocycles. The van der Waals surface area contributed by atoms with Crippen molar-refractivity contribution in [3.63, 3.8) is 0 Å². The lowest BCUT2D eigenvalue weighted by Gasteiger charge is -2.29. The van der Waals surface area contributed by atoms with Gasteiger partial charge in [0.2, 0.25) is 6.04 Å². The molecule has 1 aliphatic heterocycles. The molecule has 11 nitrogen and oxygen atoms in total. The average Bonchev–Trinajstić information content (AvgIpc) is 3.09. The van der Waals surface area contributed by atoms with Gasteiger partial charge in [-0.3, -0.25) is 19.8 Å². The van der Waals surface area contributed by atoms with Gasteiger partial charge in [-0.2, -0.15) is 0 Å². The number of carbonyl (C=O) groups excluding carboxylic acids is 3. The highest BCUT2D eigenvalue weighted by Crippen LogP contribution is 2.15. The topological polar surface area (TPSA) is 144 Å². The number of aliphatic carboxylic acids is 1. The summed E-state index contributed by atoms with van der Waals surface area (Å²) in [5, 5.41) is 15.2. The smallest absolute Gasteiger partial charge is 0.335 e. The van der Waals surface area contributed by atoms with Crippen molar-refractivity contribution in [1.82, 2.24) is 15.5 Å². The molecule has 0 radical (unpaired) electrons. The summed E-state index contributed by atoms with van der Waals surface area (Å²) in [7, 11) is 0. The molecule has 0 aromatic heterocycles. The summed E-state index contributed by atoms with van der Waals surface area (Å²) in [4.78, 5) is 51.1. The second-order valence-electron chi connectivity index (χ2n) is 12.1. The van der Waals surface area contributed by atoms with E-state index < -0.39 is 52.8 Å². The minimum Gasteiger partial charge on any atom is -0.480 e. The molecule has 0 aliphatic carbocycles. The van der Waals surface area contributed by atoms with Crippen LogP contribution in [-0.2, 0) is 33.4 Å². The Morgan fingerprint density at radius 1 is 0.889 bits per heavy atom. The molecule has 0 spiro atoms. The van der Waals surface area contributed by atoms with E-state index in [0.29, 0.717) is 19.4 Å². The molecular formula is C25H45N3O8. The van der Waals surface area contributed by atoms with Gasteiger partial charge in [-0.1, -0.05) is 0 Å². The van der Waals surface area contributed by atoms with Gasteiger partial charge in [0, 0.05) is 25.7 Å². The van der Waals surface area contributed by atoms with Crippen molar-refractivity contribution in [2.75, 3.05) is 26.2 Å². The zero-order chi connectivity index (χ0) is 27.9. The van der Waals surface area contributed by atoms with Gasteiger partial charge in [0.1, 0.15) is 22.8 Å². The van der Waals surface area contributed by atoms with Crippen LogP contribution in [0, 0.1) is 0 Å². The molecule has 3 N–H and O–H groups in total. The first-order valence-electron chi connectivity index (χ1n) is 12.4. The Kier molecular flexibility index (Phi) is 11.3. The lowest BCUT2D eigenvalue weighted by Crippen LogP contribution is -2.52. The van der Waals surface area contributed by atoms with Gasteiger partial charge in [-0.05, 0) is 75.2 Å². The Hall–Kier alpha value is -2.24. The van der Waals surface area contributed by atoms with Crippen LogP contribution in [0.2, 0.25) is 0 Å². The molecule has 2 atom stereocenters. The molecule has 0 amide bonds. The van der Waals surface area contributed by atoms with Crippen LogP contribution >= 0.6 is 0 Å². The lowest BCUT2D eigenvalue weighted by atomic mass is 10.1. The normalized spacial score (nSPS) is 18.9. The van der Waals surface area contributed by atoms with Crippen LogP contribution in [0.15, 0.2) is 0 Å². The molecule has 11 heteroatoms. The van der Waals surface area contributed by atoms with Crippen molar-refractivity contribution < 1.29 is 38.5 Å². The lowest BCUT2D eigenvalue weighted by molar-refractivity contribution is -0.171. The summed E-state index contributed by atoms with van der Waals surface area (Å²) in [5.41, 5.74) is -2.24. The maximum absolute atomic E-state index is 12.7. The summed E-state index contributed by atoms with van der Waals surface area (Å²) in [6, 6.07) is -2.09. The van der Waals surface area contributed by atoms with Crippen molar-refractivity contribution in [2.24, 2.45) is 0 Å². The number of ether oxygens (including phenoxy) is 3. The van der Waals surface area contributed by atoms with E-state index >= 15 is 0 Å². The van der Waals surface area contributed by atoms with E-state index in [1.165, 1.54) is 0 Å². The number of carbonyl (C=O) groups is 4. The Labute approximate surface area is 214 Å². The molecule has 1 aliphatic rings. The Morgan fingerprint density at radius 3 is 1.81 bits per heavy atom. The highest BCUT2D eigenvalue weighted by atomic mass is 16.6. The van der Waals surface area contributed by atoms with E-state index in [0.717, 1.165) is 0 Å². The second-order valence-corrected chi connectivity index (χ2v) is 12.1. The first-order valence-corrected chi connectivity index (χ1v) is 12.4. The minimum atomic E-state index is -1.34. The Bertz CT molecular complexity index is 752. The standard InChI is InChI=1S/C25H45N3O8/c1-23(2,3)34-18(29)15-28(14-16-10-11-17(27-16)20(30)31)13-12-26-19(21(32)35-24(4,5)6)22(33)36-25(7,8)9/h16-17,19,26-27H,10-15H2,1-9H3,(H,30,31)/t16-,17+/m0/s1. The molecular weight excluding hydrogens is 470 g/mol. The number of carboxylic acid groups (broad SMARTS) is 1. The third-order valence-corrected chi connectivity index (χ3v) is 4.85. The molecule has 1 saturated heterocycles. The van der Waals surface area contributed by atoms with Crippen molar-refractivity contribution in [1.29, 1.82) is 0 Å². The van der Waals surface area contributed by atoms with Crippen LogP contribution in [0.1, 0.15) is 75.2 Å². The third kappa shape index (κ3) is 13.2. The molecule has 36 heavy (non-hydrogen) atoms. The van der Waals surface area contributed by atoms with Crippen molar-refractivity contribution in [2.45, 2.75) is 110 Å². The molecule has 1 fully saturated rings. The molecule has 208 valence electrons. The third-order valence-electron chi connectivity index (χ3n) is 4.85. The van der Waals surface area contributed by atoms with E-state index in [1.54, 1.807) is 62.3 Å². The van der Waals surface area contributed by atoms with E-state index in [9.17, 15) is 24.3 Å². The summed E-state index contributed by atoms with van der Waals surface area (Å²) in [6.45, 7) is 16.4. The first-order chi connectivity index (χ1) is 16.3. The zero-order valence-electron chi connectivity index (χ0n) is 23.2. The Morgan fingerprint density at radius 2 is 1.39 bits per heavy atom. The summed E-state index contributed by atoms with van der Waals surface area (Å²) < 4.78 is 16.2. The van der Waals surface area contributed by atoms with Crippen LogP contribution in [0.5, 0.6) is 0 Å². The average molecular weight is 516 g/mol. The minimum absolute atomic E-state index is 0.0294. The number of rotatable bonds is 11. The number of carboxylic acids is 1. The highest BCUT2D eigenvalue weighted by molar-refractivity contribution is 5.99. The van der Waals surface area contributed by atoms with Crippen LogP contribution in [-0.4, -0.2) is 95.0 Å². The number of esters is 3. The van der Waals surface area contributed by atoms with Gasteiger partial charge in [0.05, 0.1) is 6.54 Å². The van der Waals surface area contributed by atoms with Crippen molar-refractivity contribution >= 4 is 23.9 Å². The monoisotopic (exact) mass is 515 g/mol. The van der Waals surface area contributed by atoms with E-state index in [4.69, 9.17) is 14.2 Å². The predicted molar refractivity (Wildman–Crippen MR) is 133 cm³/mol. The van der Waals surface area contributed by atoms with Gasteiger partial charge in [0.15, 0.2) is 0 Å². The molecule has 0 aromatic rings. The Balaban J connectivity index is 2.90. The summed E-state index contributed by atoms with van der Waals surface area (Å²) >= 11 is 0. The number of nitrogens with one attached hydrogen (secondary N) is 2. The summed E-state index contributed by atoms with van der Waals surface area (Å²) in [5.74, 6) is -2.84. The molecule has 0 unspecified atom stereocenters. The fourth-order valence-corrected chi connectivity index (χ4v) is 3.61. The van der Waals surface area contributed by atoms with E-state index in [-0.39, 0.29) is 25.7 Å². The van der Waals surface area contributed by atoms with Gasteiger partial charge < -0.3 is 24.6 Å². The van der Waals surface area contributed by atoms with Crippen LogP contribution in [0.25, 0.3) is 0 Å². The van der Waals surface area contributed by atoms with Gasteiger partial charge in [0.25, 0.3) is 0 Å². The number of nitrogens with zero attached hydrogens (tertiary/aromatic N) is 1. The predicted octanol–water partition coefficient (Wildman–Crippen LogP) is 1.48. The summed E-state index contributed by atoms with van der Waals surface area (Å²) in [6.07, 6.45) is 1.14.